The van der Waals surface area contributed by atoms with E-state index >= 15 is 0 Å². The van der Waals surface area contributed by atoms with Crippen LogP contribution in [0.4, 0.5) is 0 Å². The second-order valence-corrected chi connectivity index (χ2v) is 11.0. The van der Waals surface area contributed by atoms with Crippen LogP contribution in [0.1, 0.15) is 0 Å². The number of furan rings is 2. The second kappa shape index (κ2) is 8.30. The van der Waals surface area contributed by atoms with Crippen molar-refractivity contribution in [1.29, 1.82) is 0 Å². The standard InChI is InChI=1S/C38H21N3O2/c1-2-10-23-20-31-29(19-22(23)9-1)25-11-3-6-14-30(25)41(31)37-35(39-36-28-13-5-8-16-33(28)43-38(36)40-37)24-17-18-27-26-12-4-7-15-32(26)42-34(27)21-24/h1-21H. The molecule has 4 aromatic heterocycles. The zero-order valence-electron chi connectivity index (χ0n) is 22.8. The molecule has 0 radical (unpaired) electrons. The Morgan fingerprint density at radius 3 is 2.00 bits per heavy atom. The highest BCUT2D eigenvalue weighted by molar-refractivity contribution is 6.14. The third-order valence-corrected chi connectivity index (χ3v) is 8.60. The van der Waals surface area contributed by atoms with E-state index in [2.05, 4.69) is 89.5 Å². The molecule has 0 atom stereocenters. The highest BCUT2D eigenvalue weighted by atomic mass is 16.3. The van der Waals surface area contributed by atoms with E-state index in [4.69, 9.17) is 18.8 Å². The van der Waals surface area contributed by atoms with E-state index in [1.807, 2.05) is 42.5 Å². The lowest BCUT2D eigenvalue weighted by Crippen LogP contribution is -2.03. The highest BCUT2D eigenvalue weighted by Crippen LogP contribution is 2.40. The highest BCUT2D eigenvalue weighted by Gasteiger charge is 2.22. The predicted molar refractivity (Wildman–Crippen MR) is 174 cm³/mol. The Hall–Kier alpha value is -5.94. The number of benzene rings is 6. The average Bonchev–Trinajstić information content (AvgIpc) is 3.71. The van der Waals surface area contributed by atoms with E-state index in [1.165, 1.54) is 16.2 Å². The normalized spacial score (nSPS) is 12.2. The van der Waals surface area contributed by atoms with Crippen molar-refractivity contribution in [2.45, 2.75) is 0 Å². The lowest BCUT2D eigenvalue weighted by atomic mass is 10.1. The van der Waals surface area contributed by atoms with Crippen LogP contribution in [0.2, 0.25) is 0 Å². The first kappa shape index (κ1) is 22.7. The first-order valence-electron chi connectivity index (χ1n) is 14.3. The molecule has 200 valence electrons. The van der Waals surface area contributed by atoms with Crippen LogP contribution in [-0.2, 0) is 0 Å². The summed E-state index contributed by atoms with van der Waals surface area (Å²) in [7, 11) is 0. The van der Waals surface area contributed by atoms with Crippen LogP contribution in [0, 0.1) is 0 Å². The maximum atomic E-state index is 6.30. The molecule has 0 spiro atoms. The molecule has 10 aromatic rings. The van der Waals surface area contributed by atoms with Crippen molar-refractivity contribution in [2.24, 2.45) is 0 Å². The van der Waals surface area contributed by atoms with Gasteiger partial charge in [-0.15, -0.1) is 0 Å². The van der Waals surface area contributed by atoms with Crippen molar-refractivity contribution in [2.75, 3.05) is 0 Å². The molecule has 5 heteroatoms. The van der Waals surface area contributed by atoms with E-state index in [0.29, 0.717) is 11.5 Å². The Bertz CT molecular complexity index is 2750. The third-order valence-electron chi connectivity index (χ3n) is 8.60. The molecule has 10 rings (SSSR count). The van der Waals surface area contributed by atoms with Gasteiger partial charge in [-0.05, 0) is 59.3 Å². The largest absolute Gasteiger partial charge is 0.456 e. The van der Waals surface area contributed by atoms with Gasteiger partial charge in [0, 0.05) is 32.5 Å². The van der Waals surface area contributed by atoms with Crippen molar-refractivity contribution in [3.8, 4) is 17.1 Å². The monoisotopic (exact) mass is 551 g/mol. The fourth-order valence-corrected chi connectivity index (χ4v) is 6.62. The van der Waals surface area contributed by atoms with Gasteiger partial charge < -0.3 is 8.83 Å². The molecule has 0 unspecified atom stereocenters. The molecule has 6 aromatic carbocycles. The molecule has 43 heavy (non-hydrogen) atoms. The van der Waals surface area contributed by atoms with E-state index in [0.717, 1.165) is 66.1 Å². The van der Waals surface area contributed by atoms with Gasteiger partial charge in [0.15, 0.2) is 5.82 Å². The van der Waals surface area contributed by atoms with Gasteiger partial charge in [0.05, 0.1) is 11.0 Å². The van der Waals surface area contributed by atoms with Gasteiger partial charge in [-0.2, -0.15) is 4.98 Å². The molecule has 0 aliphatic rings. The minimum Gasteiger partial charge on any atom is -0.456 e. The van der Waals surface area contributed by atoms with Crippen LogP contribution >= 0.6 is 0 Å². The summed E-state index contributed by atoms with van der Waals surface area (Å²) in [6.45, 7) is 0. The fraction of sp³-hybridized carbons (Fsp3) is 0. The van der Waals surface area contributed by atoms with E-state index in [1.54, 1.807) is 0 Å². The Labute approximate surface area is 244 Å². The number of aromatic nitrogens is 3. The van der Waals surface area contributed by atoms with Crippen LogP contribution in [0.5, 0.6) is 0 Å². The van der Waals surface area contributed by atoms with Crippen LogP contribution in [0.15, 0.2) is 136 Å². The van der Waals surface area contributed by atoms with E-state index in [9.17, 15) is 0 Å². The van der Waals surface area contributed by atoms with Crippen LogP contribution in [0.3, 0.4) is 0 Å². The maximum absolute atomic E-state index is 6.30. The van der Waals surface area contributed by atoms with Crippen LogP contribution in [0.25, 0.3) is 93.8 Å². The SMILES string of the molecule is c1ccc2cc3c(cc2c1)c1ccccc1n3-c1nc2oc3ccccc3c2nc1-c1ccc2c(c1)oc1ccccc12. The summed E-state index contributed by atoms with van der Waals surface area (Å²) >= 11 is 0. The maximum Gasteiger partial charge on any atom is 0.248 e. The smallest absolute Gasteiger partial charge is 0.248 e. The predicted octanol–water partition coefficient (Wildman–Crippen LogP) is 10.2. The van der Waals surface area contributed by atoms with Crippen molar-refractivity contribution in [3.63, 3.8) is 0 Å². The zero-order chi connectivity index (χ0) is 28.1. The summed E-state index contributed by atoms with van der Waals surface area (Å²) in [5.41, 5.74) is 7.51. The number of nitrogens with zero attached hydrogens (tertiary/aromatic N) is 3. The summed E-state index contributed by atoms with van der Waals surface area (Å²) in [6.07, 6.45) is 0. The van der Waals surface area contributed by atoms with E-state index < -0.39 is 0 Å². The Morgan fingerprint density at radius 2 is 1.14 bits per heavy atom. The minimum absolute atomic E-state index is 0.511. The van der Waals surface area contributed by atoms with Gasteiger partial charge in [0.1, 0.15) is 28.0 Å². The van der Waals surface area contributed by atoms with Crippen LogP contribution < -0.4 is 0 Å². The molecule has 0 saturated heterocycles. The van der Waals surface area contributed by atoms with Crippen molar-refractivity contribution in [3.05, 3.63) is 127 Å². The number of para-hydroxylation sites is 3. The minimum atomic E-state index is 0.511. The molecule has 0 fully saturated rings. The van der Waals surface area contributed by atoms with Gasteiger partial charge in [0.2, 0.25) is 5.71 Å². The Morgan fingerprint density at radius 1 is 0.465 bits per heavy atom. The molecule has 0 aliphatic carbocycles. The zero-order valence-corrected chi connectivity index (χ0v) is 22.8. The molecule has 0 saturated carbocycles. The van der Waals surface area contributed by atoms with E-state index in [-0.39, 0.29) is 0 Å². The van der Waals surface area contributed by atoms with Crippen molar-refractivity contribution >= 4 is 76.7 Å². The van der Waals surface area contributed by atoms with Gasteiger partial charge in [-0.1, -0.05) is 78.9 Å². The van der Waals surface area contributed by atoms with Gasteiger partial charge in [0.25, 0.3) is 0 Å². The third kappa shape index (κ3) is 3.16. The fourth-order valence-electron chi connectivity index (χ4n) is 6.62. The first-order chi connectivity index (χ1) is 21.3. The summed E-state index contributed by atoms with van der Waals surface area (Å²) in [5.74, 6) is 0.712. The molecule has 4 heterocycles. The first-order valence-corrected chi connectivity index (χ1v) is 14.3. The van der Waals surface area contributed by atoms with Crippen molar-refractivity contribution in [1.82, 2.24) is 14.5 Å². The van der Waals surface area contributed by atoms with Gasteiger partial charge in [-0.25, -0.2) is 4.98 Å². The summed E-state index contributed by atoms with van der Waals surface area (Å²) < 4.78 is 14.8. The Kier molecular flexibility index (Phi) is 4.39. The number of hydrogen-bond acceptors (Lipinski definition) is 4. The summed E-state index contributed by atoms with van der Waals surface area (Å²) in [4.78, 5) is 10.5. The number of hydrogen-bond donors (Lipinski definition) is 0. The van der Waals surface area contributed by atoms with Crippen LogP contribution in [-0.4, -0.2) is 14.5 Å². The number of rotatable bonds is 2. The summed E-state index contributed by atoms with van der Waals surface area (Å²) in [6, 6.07) is 43.9. The molecule has 0 bridgehead atoms. The topological polar surface area (TPSA) is 57.0 Å². The lowest BCUT2D eigenvalue weighted by molar-refractivity contribution is 0.652. The lowest BCUT2D eigenvalue weighted by Gasteiger charge is -2.12. The van der Waals surface area contributed by atoms with Gasteiger partial charge >= 0.3 is 0 Å². The molecular weight excluding hydrogens is 530 g/mol. The summed E-state index contributed by atoms with van der Waals surface area (Å²) in [5, 5.41) is 7.81. The molecule has 0 N–H and O–H groups in total. The Balaban J connectivity index is 1.36. The molecule has 5 nitrogen and oxygen atoms in total. The molecule has 0 amide bonds. The second-order valence-electron chi connectivity index (χ2n) is 11.0. The van der Waals surface area contributed by atoms with Gasteiger partial charge in [-0.3, -0.25) is 4.57 Å². The van der Waals surface area contributed by atoms with Crippen molar-refractivity contribution < 1.29 is 8.83 Å². The quantitative estimate of drug-likeness (QED) is 0.214. The average molecular weight is 552 g/mol. The molecule has 0 aliphatic heterocycles. The molecular formula is C38H21N3O2. The number of fused-ring (bicyclic) bond motifs is 10.